The predicted molar refractivity (Wildman–Crippen MR) is 64.1 cm³/mol. The summed E-state index contributed by atoms with van der Waals surface area (Å²) in [7, 11) is 2.11. The minimum atomic E-state index is -0.546. The Morgan fingerprint density at radius 3 is 2.50 bits per heavy atom. The van der Waals surface area contributed by atoms with Crippen LogP contribution in [0.2, 0.25) is 0 Å². The molecule has 92 valence electrons. The molecule has 2 N–H and O–H groups in total. The molecule has 1 atom stereocenters. The Hall–Kier alpha value is -0.610. The van der Waals surface area contributed by atoms with Crippen LogP contribution in [0.25, 0.3) is 0 Å². The minimum Gasteiger partial charge on any atom is -0.338 e. The van der Waals surface area contributed by atoms with Crippen molar-refractivity contribution in [3.63, 3.8) is 0 Å². The number of hydrogen-bond donors (Lipinski definition) is 1. The smallest absolute Gasteiger partial charge is 0.242 e. The highest BCUT2D eigenvalue weighted by Crippen LogP contribution is 2.29. The molecule has 2 aliphatic rings. The monoisotopic (exact) mass is 225 g/mol. The van der Waals surface area contributed by atoms with Gasteiger partial charge in [-0.05, 0) is 26.8 Å². The second-order valence-electron chi connectivity index (χ2n) is 5.44. The van der Waals surface area contributed by atoms with Crippen LogP contribution in [0.4, 0.5) is 0 Å². The number of nitrogens with two attached hydrogens (primary N) is 1. The highest BCUT2D eigenvalue weighted by molar-refractivity contribution is 5.86. The maximum absolute atomic E-state index is 12.4. The summed E-state index contributed by atoms with van der Waals surface area (Å²) in [6, 6.07) is 0.447. The average Bonchev–Trinajstić information content (AvgIpc) is 2.70. The third kappa shape index (κ3) is 2.09. The molecule has 0 radical (unpaired) electrons. The van der Waals surface area contributed by atoms with Gasteiger partial charge in [-0.1, -0.05) is 12.8 Å². The van der Waals surface area contributed by atoms with E-state index in [4.69, 9.17) is 5.73 Å². The summed E-state index contributed by atoms with van der Waals surface area (Å²) in [4.78, 5) is 16.6. The highest BCUT2D eigenvalue weighted by Gasteiger charge is 2.41. The number of hydrogen-bond acceptors (Lipinski definition) is 3. The summed E-state index contributed by atoms with van der Waals surface area (Å²) >= 11 is 0. The molecular formula is C12H23N3O. The van der Waals surface area contributed by atoms with E-state index >= 15 is 0 Å². The number of amides is 1. The van der Waals surface area contributed by atoms with Crippen molar-refractivity contribution in [2.24, 2.45) is 5.73 Å². The predicted octanol–water partition coefficient (Wildman–Crippen LogP) is 0.420. The molecule has 1 heterocycles. The third-order valence-electron chi connectivity index (χ3n) is 4.17. The van der Waals surface area contributed by atoms with Gasteiger partial charge >= 0.3 is 0 Å². The van der Waals surface area contributed by atoms with E-state index in [1.807, 2.05) is 4.90 Å². The number of rotatable bonds is 1. The third-order valence-corrected chi connectivity index (χ3v) is 4.17. The van der Waals surface area contributed by atoms with Crippen molar-refractivity contribution in [1.29, 1.82) is 0 Å². The lowest BCUT2D eigenvalue weighted by atomic mass is 9.96. The van der Waals surface area contributed by atoms with E-state index in [0.29, 0.717) is 6.04 Å². The van der Waals surface area contributed by atoms with Crippen LogP contribution in [0.3, 0.4) is 0 Å². The van der Waals surface area contributed by atoms with Crippen LogP contribution in [0, 0.1) is 0 Å². The molecule has 4 nitrogen and oxygen atoms in total. The van der Waals surface area contributed by atoms with Crippen molar-refractivity contribution in [1.82, 2.24) is 9.80 Å². The van der Waals surface area contributed by atoms with E-state index in [9.17, 15) is 4.79 Å². The fourth-order valence-corrected chi connectivity index (χ4v) is 2.77. The number of piperazine rings is 1. The van der Waals surface area contributed by atoms with Gasteiger partial charge in [0.25, 0.3) is 0 Å². The molecule has 0 bridgehead atoms. The lowest BCUT2D eigenvalue weighted by Crippen LogP contribution is -2.60. The van der Waals surface area contributed by atoms with Crippen LogP contribution < -0.4 is 5.73 Å². The molecule has 0 spiro atoms. The Balaban J connectivity index is 2.00. The highest BCUT2D eigenvalue weighted by atomic mass is 16.2. The molecule has 1 aliphatic carbocycles. The Labute approximate surface area is 97.8 Å². The zero-order valence-electron chi connectivity index (χ0n) is 10.4. The minimum absolute atomic E-state index is 0.185. The van der Waals surface area contributed by atoms with Gasteiger partial charge in [-0.3, -0.25) is 4.79 Å². The van der Waals surface area contributed by atoms with Crippen LogP contribution in [0.5, 0.6) is 0 Å². The first-order valence-corrected chi connectivity index (χ1v) is 6.31. The second kappa shape index (κ2) is 4.34. The van der Waals surface area contributed by atoms with Gasteiger partial charge in [-0.15, -0.1) is 0 Å². The summed E-state index contributed by atoms with van der Waals surface area (Å²) in [5, 5.41) is 0. The first-order chi connectivity index (χ1) is 7.53. The van der Waals surface area contributed by atoms with Crippen molar-refractivity contribution in [2.45, 2.75) is 44.2 Å². The zero-order valence-corrected chi connectivity index (χ0v) is 10.4. The van der Waals surface area contributed by atoms with Crippen LogP contribution in [0.15, 0.2) is 0 Å². The maximum Gasteiger partial charge on any atom is 0.242 e. The quantitative estimate of drug-likeness (QED) is 0.703. The molecule has 1 amide bonds. The van der Waals surface area contributed by atoms with E-state index in [2.05, 4.69) is 18.9 Å². The number of likely N-dealkylation sites (N-methyl/N-ethyl adjacent to an activating group) is 1. The number of carbonyl (C=O) groups is 1. The normalized spacial score (nSPS) is 30.7. The summed E-state index contributed by atoms with van der Waals surface area (Å²) in [5.74, 6) is 0.185. The second-order valence-corrected chi connectivity index (χ2v) is 5.44. The van der Waals surface area contributed by atoms with E-state index in [-0.39, 0.29) is 5.91 Å². The molecule has 2 fully saturated rings. The van der Waals surface area contributed by atoms with Crippen molar-refractivity contribution >= 4 is 5.91 Å². The Morgan fingerprint density at radius 1 is 1.31 bits per heavy atom. The van der Waals surface area contributed by atoms with Crippen molar-refractivity contribution < 1.29 is 4.79 Å². The molecule has 4 heteroatoms. The summed E-state index contributed by atoms with van der Waals surface area (Å²) in [5.41, 5.74) is 5.66. The van der Waals surface area contributed by atoms with E-state index in [1.54, 1.807) is 0 Å². The van der Waals surface area contributed by atoms with Crippen LogP contribution in [0.1, 0.15) is 32.6 Å². The van der Waals surface area contributed by atoms with Gasteiger partial charge in [-0.25, -0.2) is 0 Å². The molecule has 2 rings (SSSR count). The first-order valence-electron chi connectivity index (χ1n) is 6.31. The fraction of sp³-hybridized carbons (Fsp3) is 0.917. The lowest BCUT2D eigenvalue weighted by Gasteiger charge is -2.40. The number of carbonyl (C=O) groups excluding carboxylic acids is 1. The van der Waals surface area contributed by atoms with Crippen molar-refractivity contribution in [2.75, 3.05) is 26.7 Å². The van der Waals surface area contributed by atoms with Gasteiger partial charge in [0, 0.05) is 25.7 Å². The summed E-state index contributed by atoms with van der Waals surface area (Å²) in [6.07, 6.45) is 3.94. The van der Waals surface area contributed by atoms with Gasteiger partial charge < -0.3 is 15.5 Å². The summed E-state index contributed by atoms with van der Waals surface area (Å²) < 4.78 is 0. The fourth-order valence-electron chi connectivity index (χ4n) is 2.77. The first kappa shape index (κ1) is 11.9. The molecule has 1 aliphatic heterocycles. The summed E-state index contributed by atoms with van der Waals surface area (Å²) in [6.45, 7) is 4.78. The molecule has 1 saturated carbocycles. The van der Waals surface area contributed by atoms with Gasteiger partial charge in [0.1, 0.15) is 0 Å². The van der Waals surface area contributed by atoms with E-state index < -0.39 is 5.54 Å². The Bertz CT molecular complexity index is 273. The maximum atomic E-state index is 12.4. The van der Waals surface area contributed by atoms with Crippen molar-refractivity contribution in [3.8, 4) is 0 Å². The number of nitrogens with zero attached hydrogens (tertiary/aromatic N) is 2. The average molecular weight is 225 g/mol. The van der Waals surface area contributed by atoms with E-state index in [0.717, 1.165) is 45.3 Å². The van der Waals surface area contributed by atoms with Crippen LogP contribution in [-0.2, 0) is 4.79 Å². The van der Waals surface area contributed by atoms with Gasteiger partial charge in [0.2, 0.25) is 5.91 Å². The molecule has 1 unspecified atom stereocenters. The topological polar surface area (TPSA) is 49.6 Å². The molecule has 0 aromatic heterocycles. The lowest BCUT2D eigenvalue weighted by molar-refractivity contribution is -0.139. The van der Waals surface area contributed by atoms with Crippen LogP contribution >= 0.6 is 0 Å². The van der Waals surface area contributed by atoms with E-state index in [1.165, 1.54) is 0 Å². The molecule has 0 aromatic carbocycles. The Kier molecular flexibility index (Phi) is 3.22. The molecular weight excluding hydrogens is 202 g/mol. The molecule has 16 heavy (non-hydrogen) atoms. The zero-order chi connectivity index (χ0) is 11.8. The van der Waals surface area contributed by atoms with Gasteiger partial charge in [-0.2, -0.15) is 0 Å². The largest absolute Gasteiger partial charge is 0.338 e. The van der Waals surface area contributed by atoms with Crippen LogP contribution in [-0.4, -0.2) is 54.0 Å². The molecule has 0 aromatic rings. The Morgan fingerprint density at radius 2 is 1.94 bits per heavy atom. The van der Waals surface area contributed by atoms with Crippen molar-refractivity contribution in [3.05, 3.63) is 0 Å². The SMILES string of the molecule is CC1CN(C(=O)C2(N)CCCC2)CCN1C. The molecule has 1 saturated heterocycles. The standard InChI is InChI=1S/C12H23N3O/c1-10-9-15(8-7-14(10)2)11(16)12(13)5-3-4-6-12/h10H,3-9,13H2,1-2H3. The van der Waals surface area contributed by atoms with Gasteiger partial charge in [0.05, 0.1) is 5.54 Å². The van der Waals surface area contributed by atoms with Gasteiger partial charge in [0.15, 0.2) is 0 Å².